The Morgan fingerprint density at radius 3 is 2.20 bits per heavy atom. The molecule has 118 valence electrons. The summed E-state index contributed by atoms with van der Waals surface area (Å²) >= 11 is 0. The van der Waals surface area contributed by atoms with Gasteiger partial charge in [0.05, 0.1) is 29.2 Å². The van der Waals surface area contributed by atoms with Crippen molar-refractivity contribution < 1.29 is 22.2 Å². The predicted octanol–water partition coefficient (Wildman–Crippen LogP) is 0.817. The summed E-state index contributed by atoms with van der Waals surface area (Å²) in [7, 11) is -4.20. The van der Waals surface area contributed by atoms with Crippen LogP contribution in [0.1, 0.15) is 34.1 Å². The Kier molecular flexibility index (Phi) is 7.40. The highest BCUT2D eigenvalue weighted by molar-refractivity contribution is 7.85. The van der Waals surface area contributed by atoms with E-state index >= 15 is 0 Å². The van der Waals surface area contributed by atoms with Gasteiger partial charge in [-0.05, 0) is 27.7 Å². The summed E-state index contributed by atoms with van der Waals surface area (Å²) in [6, 6.07) is -0.0286. The van der Waals surface area contributed by atoms with Gasteiger partial charge < -0.3 is 14.4 Å². The monoisotopic (exact) mass is 306 g/mol. The number of hydrogen-bond acceptors (Lipinski definition) is 4. The summed E-state index contributed by atoms with van der Waals surface area (Å²) in [6.07, 6.45) is 0.288. The van der Waals surface area contributed by atoms with Crippen molar-refractivity contribution in [3.63, 3.8) is 0 Å². The minimum absolute atomic E-state index is 0.0286. The van der Waals surface area contributed by atoms with E-state index in [0.29, 0.717) is 16.7 Å². The van der Waals surface area contributed by atoms with Crippen molar-refractivity contribution in [1.82, 2.24) is 5.32 Å². The van der Waals surface area contributed by atoms with Gasteiger partial charge in [-0.3, -0.25) is 4.79 Å². The lowest BCUT2D eigenvalue weighted by Gasteiger charge is -2.42. The first-order valence-corrected chi connectivity index (χ1v) is 8.38. The van der Waals surface area contributed by atoms with Crippen molar-refractivity contribution in [2.24, 2.45) is 0 Å². The molecule has 1 amide bonds. The first kappa shape index (κ1) is 19.1. The van der Waals surface area contributed by atoms with E-state index in [4.69, 9.17) is 0 Å². The lowest BCUT2D eigenvalue weighted by molar-refractivity contribution is -0.948. The van der Waals surface area contributed by atoms with Crippen LogP contribution in [-0.4, -0.2) is 54.9 Å². The molecule has 0 aromatic heterocycles. The fourth-order valence-corrected chi connectivity index (χ4v) is 2.83. The Morgan fingerprint density at radius 2 is 1.85 bits per heavy atom. The van der Waals surface area contributed by atoms with Crippen LogP contribution in [0.2, 0.25) is 0 Å². The fourth-order valence-electron chi connectivity index (χ4n) is 2.20. The van der Waals surface area contributed by atoms with Crippen LogP contribution in [0.5, 0.6) is 0 Å². The third-order valence-corrected chi connectivity index (χ3v) is 4.66. The van der Waals surface area contributed by atoms with Gasteiger partial charge in [-0.15, -0.1) is 0 Å². The molecule has 0 bridgehead atoms. The molecular weight excluding hydrogens is 280 g/mol. The van der Waals surface area contributed by atoms with Gasteiger partial charge in [0.2, 0.25) is 0 Å². The fraction of sp³-hybridized carbons (Fsp3) is 0.769. The Labute approximate surface area is 122 Å². The van der Waals surface area contributed by atoms with Gasteiger partial charge in [-0.25, -0.2) is 8.42 Å². The molecule has 1 N–H and O–H groups in total. The highest BCUT2D eigenvalue weighted by Gasteiger charge is 2.31. The molecule has 1 unspecified atom stereocenters. The van der Waals surface area contributed by atoms with E-state index in [1.54, 1.807) is 6.92 Å². The Bertz CT molecular complexity index is 441. The van der Waals surface area contributed by atoms with E-state index in [0.717, 1.165) is 13.1 Å². The SMILES string of the molecule is C=C(C)C(=O)NC[N+](CC)(CC)C(C)CCS(=O)(=O)[O-]. The molecular formula is C13H26N2O4S. The third-order valence-electron chi connectivity index (χ3n) is 3.92. The Morgan fingerprint density at radius 1 is 1.35 bits per heavy atom. The van der Waals surface area contributed by atoms with Crippen molar-refractivity contribution in [2.75, 3.05) is 25.5 Å². The third kappa shape index (κ3) is 6.02. The number of carbonyl (C=O) groups is 1. The maximum Gasteiger partial charge on any atom is 0.250 e. The molecule has 0 fully saturated rings. The maximum absolute atomic E-state index is 11.6. The second-order valence-electron chi connectivity index (χ2n) is 5.19. The van der Waals surface area contributed by atoms with Crippen LogP contribution < -0.4 is 5.32 Å². The summed E-state index contributed by atoms with van der Waals surface area (Å²) < 4.78 is 32.8. The molecule has 7 heteroatoms. The highest BCUT2D eigenvalue weighted by Crippen LogP contribution is 2.16. The maximum atomic E-state index is 11.6. The highest BCUT2D eigenvalue weighted by atomic mass is 32.2. The van der Waals surface area contributed by atoms with E-state index in [2.05, 4.69) is 11.9 Å². The first-order chi connectivity index (χ1) is 9.08. The standard InChI is InChI=1S/C13H26N2O4S/c1-6-15(7-2,10-14-13(16)11(3)4)12(5)8-9-20(17,18)19/h12H,3,6-10H2,1-2,4-5H3,(H-,14,16,17,18,19). The number of nitrogens with zero attached hydrogens (tertiary/aromatic N) is 1. The topological polar surface area (TPSA) is 86.3 Å². The summed E-state index contributed by atoms with van der Waals surface area (Å²) in [5.41, 5.74) is 0.435. The molecule has 0 heterocycles. The van der Waals surface area contributed by atoms with E-state index in [-0.39, 0.29) is 24.1 Å². The Hall–Kier alpha value is -0.920. The normalized spacial score (nSPS) is 13.8. The molecule has 0 radical (unpaired) electrons. The molecule has 6 nitrogen and oxygen atoms in total. The molecule has 20 heavy (non-hydrogen) atoms. The van der Waals surface area contributed by atoms with E-state index in [1.165, 1.54) is 0 Å². The van der Waals surface area contributed by atoms with Crippen molar-refractivity contribution in [2.45, 2.75) is 40.2 Å². The zero-order chi connectivity index (χ0) is 16.0. The molecule has 1 atom stereocenters. The van der Waals surface area contributed by atoms with Crippen molar-refractivity contribution >= 4 is 16.0 Å². The van der Waals surface area contributed by atoms with E-state index in [9.17, 15) is 17.8 Å². The van der Waals surface area contributed by atoms with Gasteiger partial charge in [-0.2, -0.15) is 0 Å². The molecule has 0 aliphatic carbocycles. The number of hydrogen-bond donors (Lipinski definition) is 1. The van der Waals surface area contributed by atoms with Gasteiger partial charge in [0, 0.05) is 17.7 Å². The molecule has 0 aromatic rings. The van der Waals surface area contributed by atoms with Gasteiger partial charge >= 0.3 is 0 Å². The smallest absolute Gasteiger partial charge is 0.250 e. The van der Waals surface area contributed by atoms with Gasteiger partial charge in [0.25, 0.3) is 5.91 Å². The minimum atomic E-state index is -4.20. The van der Waals surface area contributed by atoms with E-state index < -0.39 is 10.1 Å². The lowest BCUT2D eigenvalue weighted by atomic mass is 10.1. The summed E-state index contributed by atoms with van der Waals surface area (Å²) in [5, 5.41) is 2.81. The molecule has 0 saturated heterocycles. The second-order valence-corrected chi connectivity index (χ2v) is 6.72. The number of amides is 1. The molecule has 0 aromatic carbocycles. The molecule has 0 saturated carbocycles. The van der Waals surface area contributed by atoms with E-state index in [1.807, 2.05) is 20.8 Å². The van der Waals surface area contributed by atoms with Crippen LogP contribution in [0.25, 0.3) is 0 Å². The largest absolute Gasteiger partial charge is 0.748 e. The van der Waals surface area contributed by atoms with Crippen LogP contribution in [0.3, 0.4) is 0 Å². The van der Waals surface area contributed by atoms with Crippen LogP contribution >= 0.6 is 0 Å². The Balaban J connectivity index is 4.81. The van der Waals surface area contributed by atoms with Crippen LogP contribution in [0, 0.1) is 0 Å². The zero-order valence-electron chi connectivity index (χ0n) is 12.8. The summed E-state index contributed by atoms with van der Waals surface area (Å²) in [4.78, 5) is 11.6. The lowest BCUT2D eigenvalue weighted by Crippen LogP contribution is -2.59. The van der Waals surface area contributed by atoms with Crippen LogP contribution in [-0.2, 0) is 14.9 Å². The van der Waals surface area contributed by atoms with Crippen LogP contribution in [0.4, 0.5) is 0 Å². The number of quaternary nitrogens is 1. The zero-order valence-corrected chi connectivity index (χ0v) is 13.6. The molecule has 0 rings (SSSR count). The molecule has 0 aliphatic rings. The average Bonchev–Trinajstić information content (AvgIpc) is 2.36. The van der Waals surface area contributed by atoms with Gasteiger partial charge in [0.1, 0.15) is 0 Å². The molecule has 0 aliphatic heterocycles. The second kappa shape index (κ2) is 7.75. The first-order valence-electron chi connectivity index (χ1n) is 6.81. The number of nitrogens with one attached hydrogen (secondary N) is 1. The molecule has 0 spiro atoms. The van der Waals surface area contributed by atoms with Crippen molar-refractivity contribution in [3.8, 4) is 0 Å². The predicted molar refractivity (Wildman–Crippen MR) is 77.8 cm³/mol. The summed E-state index contributed by atoms with van der Waals surface area (Å²) in [5.74, 6) is -0.583. The summed E-state index contributed by atoms with van der Waals surface area (Å²) in [6.45, 7) is 13.0. The van der Waals surface area contributed by atoms with Crippen molar-refractivity contribution in [1.29, 1.82) is 0 Å². The van der Waals surface area contributed by atoms with Crippen molar-refractivity contribution in [3.05, 3.63) is 12.2 Å². The van der Waals surface area contributed by atoms with Gasteiger partial charge in [-0.1, -0.05) is 6.58 Å². The minimum Gasteiger partial charge on any atom is -0.748 e. The van der Waals surface area contributed by atoms with Gasteiger partial charge in [0.15, 0.2) is 6.67 Å². The number of carbonyl (C=O) groups excluding carboxylic acids is 1. The quantitative estimate of drug-likeness (QED) is 0.296. The average molecular weight is 306 g/mol. The van der Waals surface area contributed by atoms with Crippen LogP contribution in [0.15, 0.2) is 12.2 Å². The number of rotatable bonds is 9.